The Morgan fingerprint density at radius 3 is 2.75 bits per heavy atom. The van der Waals surface area contributed by atoms with Crippen LogP contribution in [0.4, 0.5) is 5.69 Å². The summed E-state index contributed by atoms with van der Waals surface area (Å²) in [7, 11) is 0. The molecule has 0 atom stereocenters. The highest BCUT2D eigenvalue weighted by Gasteiger charge is 2.21. The zero-order chi connectivity index (χ0) is 11.9. The molecule has 0 amide bonds. The van der Waals surface area contributed by atoms with Crippen molar-refractivity contribution in [1.29, 1.82) is 0 Å². The van der Waals surface area contributed by atoms with Crippen LogP contribution in [0, 0.1) is 10.1 Å². The Balaban J connectivity index is 2.79. The Morgan fingerprint density at radius 2 is 2.19 bits per heavy atom. The fraction of sp³-hybridized carbons (Fsp3) is 0. The van der Waals surface area contributed by atoms with Crippen LogP contribution >= 0.6 is 27.3 Å². The van der Waals surface area contributed by atoms with Gasteiger partial charge in [-0.3, -0.25) is 10.1 Å². The standard InChI is InChI=1S/C9H4BrNO4S/c10-8-7(11(14)15)5-3-4(9(12)13)1-2-6(5)16-8/h1-3H,(H,12,13). The van der Waals surface area contributed by atoms with Gasteiger partial charge in [-0.15, -0.1) is 11.3 Å². The second-order valence-electron chi connectivity index (χ2n) is 3.00. The van der Waals surface area contributed by atoms with Crippen molar-refractivity contribution in [3.8, 4) is 0 Å². The Labute approximate surface area is 102 Å². The van der Waals surface area contributed by atoms with Gasteiger partial charge in [0.15, 0.2) is 0 Å². The molecule has 1 aromatic carbocycles. The lowest BCUT2D eigenvalue weighted by atomic mass is 10.1. The lowest BCUT2D eigenvalue weighted by Gasteiger charge is -1.94. The molecule has 0 aliphatic heterocycles. The molecular formula is C9H4BrNO4S. The topological polar surface area (TPSA) is 80.4 Å². The molecule has 1 N–H and O–H groups in total. The van der Waals surface area contributed by atoms with E-state index in [1.807, 2.05) is 0 Å². The highest BCUT2D eigenvalue weighted by Crippen LogP contribution is 2.41. The molecule has 0 spiro atoms. The lowest BCUT2D eigenvalue weighted by molar-refractivity contribution is -0.383. The number of halogens is 1. The molecule has 0 unspecified atom stereocenters. The first kappa shape index (κ1) is 11.0. The minimum Gasteiger partial charge on any atom is -0.478 e. The number of benzene rings is 1. The molecule has 0 bridgehead atoms. The fourth-order valence-electron chi connectivity index (χ4n) is 1.36. The number of rotatable bonds is 2. The van der Waals surface area contributed by atoms with E-state index in [0.29, 0.717) is 13.9 Å². The fourth-order valence-corrected chi connectivity index (χ4v) is 3.12. The summed E-state index contributed by atoms with van der Waals surface area (Å²) in [6.45, 7) is 0. The first-order valence-electron chi connectivity index (χ1n) is 4.10. The number of carboxylic acids is 1. The second-order valence-corrected chi connectivity index (χ2v) is 5.37. The van der Waals surface area contributed by atoms with Crippen molar-refractivity contribution in [2.24, 2.45) is 0 Å². The summed E-state index contributed by atoms with van der Waals surface area (Å²) in [5.74, 6) is -1.10. The van der Waals surface area contributed by atoms with E-state index in [1.54, 1.807) is 6.07 Å². The number of hydrogen-bond donors (Lipinski definition) is 1. The van der Waals surface area contributed by atoms with Gasteiger partial charge >= 0.3 is 11.7 Å². The Hall–Kier alpha value is -1.47. The van der Waals surface area contributed by atoms with E-state index < -0.39 is 10.9 Å². The normalized spacial score (nSPS) is 10.6. The molecule has 0 aliphatic carbocycles. The summed E-state index contributed by atoms with van der Waals surface area (Å²) in [4.78, 5) is 21.0. The van der Waals surface area contributed by atoms with E-state index in [1.165, 1.54) is 23.5 Å². The van der Waals surface area contributed by atoms with E-state index >= 15 is 0 Å². The molecule has 5 nitrogen and oxygen atoms in total. The van der Waals surface area contributed by atoms with Crippen LogP contribution in [0.1, 0.15) is 10.4 Å². The van der Waals surface area contributed by atoms with Crippen LogP contribution in [0.5, 0.6) is 0 Å². The molecule has 2 aromatic rings. The summed E-state index contributed by atoms with van der Waals surface area (Å²) in [6.07, 6.45) is 0. The van der Waals surface area contributed by atoms with Crippen LogP contribution < -0.4 is 0 Å². The number of nitrogens with zero attached hydrogens (tertiary/aromatic N) is 1. The minimum absolute atomic E-state index is 0.0425. The highest BCUT2D eigenvalue weighted by molar-refractivity contribution is 9.11. The van der Waals surface area contributed by atoms with Gasteiger partial charge in [0.05, 0.1) is 15.9 Å². The van der Waals surface area contributed by atoms with E-state index in [0.717, 1.165) is 0 Å². The summed E-state index contributed by atoms with van der Waals surface area (Å²) < 4.78 is 1.08. The molecular weight excluding hydrogens is 298 g/mol. The van der Waals surface area contributed by atoms with Gasteiger partial charge in [-0.2, -0.15) is 0 Å². The number of carbonyl (C=O) groups is 1. The van der Waals surface area contributed by atoms with E-state index in [9.17, 15) is 14.9 Å². The quantitative estimate of drug-likeness (QED) is 0.682. The molecule has 1 heterocycles. The molecule has 82 valence electrons. The summed E-state index contributed by atoms with van der Waals surface area (Å²) >= 11 is 4.31. The molecule has 0 saturated heterocycles. The smallest absolute Gasteiger partial charge is 0.335 e. The molecule has 16 heavy (non-hydrogen) atoms. The van der Waals surface area contributed by atoms with E-state index in [-0.39, 0.29) is 11.3 Å². The van der Waals surface area contributed by atoms with Crippen molar-refractivity contribution in [2.75, 3.05) is 0 Å². The first-order valence-corrected chi connectivity index (χ1v) is 5.71. The van der Waals surface area contributed by atoms with Crippen molar-refractivity contribution in [2.45, 2.75) is 0 Å². The largest absolute Gasteiger partial charge is 0.478 e. The van der Waals surface area contributed by atoms with Crippen molar-refractivity contribution >= 4 is 49.0 Å². The number of nitro groups is 1. The minimum atomic E-state index is -1.10. The van der Waals surface area contributed by atoms with Crippen LogP contribution in [0.2, 0.25) is 0 Å². The molecule has 0 fully saturated rings. The maximum Gasteiger partial charge on any atom is 0.335 e. The van der Waals surface area contributed by atoms with Gasteiger partial charge in [0, 0.05) is 4.70 Å². The molecule has 1 aromatic heterocycles. The van der Waals surface area contributed by atoms with Crippen molar-refractivity contribution in [3.63, 3.8) is 0 Å². The first-order chi connectivity index (χ1) is 7.50. The van der Waals surface area contributed by atoms with Gasteiger partial charge < -0.3 is 5.11 Å². The summed E-state index contributed by atoms with van der Waals surface area (Å²) in [6, 6.07) is 4.32. The van der Waals surface area contributed by atoms with E-state index in [2.05, 4.69) is 15.9 Å². The van der Waals surface area contributed by atoms with Crippen LogP contribution in [0.25, 0.3) is 10.1 Å². The number of hydrogen-bond acceptors (Lipinski definition) is 4. The van der Waals surface area contributed by atoms with Crippen molar-refractivity contribution < 1.29 is 14.8 Å². The SMILES string of the molecule is O=C(O)c1ccc2sc(Br)c([N+](=O)[O-])c2c1. The highest BCUT2D eigenvalue weighted by atomic mass is 79.9. The number of aromatic carboxylic acids is 1. The Kier molecular flexibility index (Phi) is 2.64. The third-order valence-electron chi connectivity index (χ3n) is 2.05. The molecule has 0 radical (unpaired) electrons. The number of fused-ring (bicyclic) bond motifs is 1. The third kappa shape index (κ3) is 1.68. The van der Waals surface area contributed by atoms with Gasteiger partial charge in [0.25, 0.3) is 0 Å². The zero-order valence-corrected chi connectivity index (χ0v) is 10.0. The average Bonchev–Trinajstić information content (AvgIpc) is 2.51. The average molecular weight is 302 g/mol. The zero-order valence-electron chi connectivity index (χ0n) is 7.64. The lowest BCUT2D eigenvalue weighted by Crippen LogP contribution is -1.95. The molecule has 0 aliphatic rings. The predicted octanol–water partition coefficient (Wildman–Crippen LogP) is 3.27. The molecule has 7 heteroatoms. The Morgan fingerprint density at radius 1 is 1.50 bits per heavy atom. The third-order valence-corrected chi connectivity index (χ3v) is 3.86. The maximum absolute atomic E-state index is 10.8. The molecule has 2 rings (SSSR count). The van der Waals surface area contributed by atoms with Gasteiger partial charge in [-0.05, 0) is 34.1 Å². The van der Waals surface area contributed by atoms with Gasteiger partial charge in [-0.25, -0.2) is 4.79 Å². The second kappa shape index (κ2) is 3.84. The van der Waals surface area contributed by atoms with Crippen LogP contribution in [0.3, 0.4) is 0 Å². The van der Waals surface area contributed by atoms with Crippen molar-refractivity contribution in [3.05, 3.63) is 37.7 Å². The van der Waals surface area contributed by atoms with Gasteiger partial charge in [0.2, 0.25) is 0 Å². The van der Waals surface area contributed by atoms with Crippen LogP contribution in [-0.4, -0.2) is 16.0 Å². The monoisotopic (exact) mass is 301 g/mol. The van der Waals surface area contributed by atoms with Gasteiger partial charge in [0.1, 0.15) is 3.79 Å². The predicted molar refractivity (Wildman–Crippen MR) is 63.1 cm³/mol. The van der Waals surface area contributed by atoms with Crippen LogP contribution in [0.15, 0.2) is 22.0 Å². The van der Waals surface area contributed by atoms with Crippen molar-refractivity contribution in [1.82, 2.24) is 0 Å². The number of thiophene rings is 1. The van der Waals surface area contributed by atoms with Crippen LogP contribution in [-0.2, 0) is 0 Å². The summed E-state index contributed by atoms with van der Waals surface area (Å²) in [5, 5.41) is 20.0. The van der Waals surface area contributed by atoms with E-state index in [4.69, 9.17) is 5.11 Å². The molecule has 0 saturated carbocycles. The summed E-state index contributed by atoms with van der Waals surface area (Å²) in [5.41, 5.74) is -0.0380. The maximum atomic E-state index is 10.8. The van der Waals surface area contributed by atoms with Gasteiger partial charge in [-0.1, -0.05) is 0 Å². The Bertz CT molecular complexity index is 607. The number of carboxylic acid groups (broad SMARTS) is 1.